The summed E-state index contributed by atoms with van der Waals surface area (Å²) in [6, 6.07) is 4.07. The Kier molecular flexibility index (Phi) is 28.2. The molecule has 0 bridgehead atoms. The molecule has 6 atom stereocenters. The molecule has 1 aromatic rings. The molecule has 0 spiro atoms. The quantitative estimate of drug-likeness (QED) is 0.107. The average Bonchev–Trinajstić information content (AvgIpc) is 3.02. The molecule has 10 heteroatoms. The maximum absolute atomic E-state index is 12.8. The maximum atomic E-state index is 12.8. The molecule has 2 aliphatic heterocycles. The van der Waals surface area contributed by atoms with Crippen LogP contribution in [0.2, 0.25) is 0 Å². The molecular weight excluding hydrogens is 709 g/mol. The average molecular weight is 782 g/mol. The van der Waals surface area contributed by atoms with Crippen LogP contribution in [0.3, 0.4) is 0 Å². The summed E-state index contributed by atoms with van der Waals surface area (Å²) in [6.45, 7) is 23.4. The number of ether oxygens (including phenoxy) is 2. The zero-order chi connectivity index (χ0) is 35.1. The third-order valence-corrected chi connectivity index (χ3v) is 8.24. The van der Waals surface area contributed by atoms with Crippen LogP contribution in [0.25, 0.3) is 0 Å². The number of aliphatic hydroxyl groups excluding tert-OH is 2. The van der Waals surface area contributed by atoms with Crippen LogP contribution >= 0.6 is 24.0 Å². The summed E-state index contributed by atoms with van der Waals surface area (Å²) in [5.41, 5.74) is -0.0365. The van der Waals surface area contributed by atoms with E-state index in [1.807, 2.05) is 46.9 Å². The lowest BCUT2D eigenvalue weighted by Crippen LogP contribution is -2.44. The van der Waals surface area contributed by atoms with Crippen molar-refractivity contribution in [2.24, 2.45) is 17.3 Å². The van der Waals surface area contributed by atoms with Gasteiger partial charge in [-0.25, -0.2) is 0 Å². The molecule has 0 radical (unpaired) electrons. The molecule has 9 nitrogen and oxygen atoms in total. The SMILES string of the molecule is CC.CC.CCCN1C[C@H](C)C[C@@H](O)CCC(=O)C(C)(C)C(=O)OC[C@H]1CCCNCc1cccnc1.C[C@H]1C[C@@H](C)O[C@@H](O)C1.I.[HH]. The minimum absolute atomic E-state index is 0. The summed E-state index contributed by atoms with van der Waals surface area (Å²) in [5, 5.41) is 23.0. The fourth-order valence-corrected chi connectivity index (χ4v) is 5.80. The molecule has 3 N–H and O–H groups in total. The maximum Gasteiger partial charge on any atom is 0.319 e. The normalized spacial score (nSPS) is 26.8. The van der Waals surface area contributed by atoms with Crippen LogP contribution in [0.15, 0.2) is 24.5 Å². The van der Waals surface area contributed by atoms with Gasteiger partial charge in [0.1, 0.15) is 17.8 Å². The number of nitrogens with one attached hydrogen (secondary N) is 1. The van der Waals surface area contributed by atoms with Gasteiger partial charge in [-0.1, -0.05) is 54.5 Å². The summed E-state index contributed by atoms with van der Waals surface area (Å²) in [7, 11) is 0. The van der Waals surface area contributed by atoms with E-state index in [1.165, 1.54) is 0 Å². The lowest BCUT2D eigenvalue weighted by molar-refractivity contribution is -0.169. The third kappa shape index (κ3) is 20.2. The monoisotopic (exact) mass is 781 g/mol. The third-order valence-electron chi connectivity index (χ3n) is 8.24. The number of aliphatic hydroxyl groups is 2. The summed E-state index contributed by atoms with van der Waals surface area (Å²) in [4.78, 5) is 32.0. The minimum Gasteiger partial charge on any atom is -0.463 e. The van der Waals surface area contributed by atoms with Crippen LogP contribution in [0.5, 0.6) is 0 Å². The lowest BCUT2D eigenvalue weighted by atomic mass is 9.85. The Morgan fingerprint density at radius 1 is 1.06 bits per heavy atom. The van der Waals surface area contributed by atoms with E-state index < -0.39 is 23.8 Å². The van der Waals surface area contributed by atoms with Gasteiger partial charge in [0.05, 0.1) is 12.2 Å². The van der Waals surface area contributed by atoms with Crippen molar-refractivity contribution in [1.82, 2.24) is 15.2 Å². The highest BCUT2D eigenvalue weighted by Crippen LogP contribution is 2.25. The number of esters is 1. The van der Waals surface area contributed by atoms with Crippen molar-refractivity contribution in [2.45, 2.75) is 152 Å². The number of Topliss-reactive ketones (excluding diaryl/α,β-unsaturated/α-hetero) is 1. The summed E-state index contributed by atoms with van der Waals surface area (Å²) in [6.07, 6.45) is 8.78. The predicted octanol–water partition coefficient (Wildman–Crippen LogP) is 7.41. The van der Waals surface area contributed by atoms with Gasteiger partial charge < -0.3 is 25.0 Å². The van der Waals surface area contributed by atoms with E-state index >= 15 is 0 Å². The number of cyclic esters (lactones) is 1. The second-order valence-electron chi connectivity index (χ2n) is 13.0. The molecule has 0 amide bonds. The Labute approximate surface area is 305 Å². The molecule has 3 heterocycles. The number of aromatic nitrogens is 1. The molecule has 3 rings (SSSR count). The van der Waals surface area contributed by atoms with Gasteiger partial charge in [-0.15, -0.1) is 24.0 Å². The number of hydrogen-bond acceptors (Lipinski definition) is 9. The predicted molar refractivity (Wildman–Crippen MR) is 205 cm³/mol. The van der Waals surface area contributed by atoms with E-state index in [2.05, 4.69) is 42.0 Å². The van der Waals surface area contributed by atoms with Gasteiger partial charge in [0.15, 0.2) is 6.29 Å². The highest BCUT2D eigenvalue weighted by Gasteiger charge is 2.38. The molecule has 0 saturated carbocycles. The number of ketones is 1. The van der Waals surface area contributed by atoms with Crippen LogP contribution in [-0.4, -0.2) is 82.6 Å². The van der Waals surface area contributed by atoms with E-state index in [1.54, 1.807) is 20.0 Å². The van der Waals surface area contributed by atoms with E-state index in [4.69, 9.17) is 14.6 Å². The van der Waals surface area contributed by atoms with Gasteiger partial charge in [0, 0.05) is 45.8 Å². The van der Waals surface area contributed by atoms with Crippen LogP contribution < -0.4 is 5.32 Å². The number of pyridine rings is 1. The van der Waals surface area contributed by atoms with Crippen molar-refractivity contribution in [3.05, 3.63) is 30.1 Å². The van der Waals surface area contributed by atoms with Crippen LogP contribution in [-0.2, 0) is 25.6 Å². The first kappa shape index (κ1) is 47.9. The van der Waals surface area contributed by atoms with E-state index in [-0.39, 0.29) is 62.3 Å². The van der Waals surface area contributed by atoms with Gasteiger partial charge in [-0.2, -0.15) is 0 Å². The Bertz CT molecular complexity index is 905. The molecule has 0 unspecified atom stereocenters. The Morgan fingerprint density at radius 3 is 2.32 bits per heavy atom. The van der Waals surface area contributed by atoms with Gasteiger partial charge in [-0.05, 0) is 95.9 Å². The lowest BCUT2D eigenvalue weighted by Gasteiger charge is -2.34. The summed E-state index contributed by atoms with van der Waals surface area (Å²) in [5.74, 6) is 0.270. The molecule has 278 valence electrons. The number of rotatable bonds is 8. The van der Waals surface area contributed by atoms with Crippen molar-refractivity contribution >= 4 is 35.7 Å². The Hall–Kier alpha value is -1.18. The molecule has 2 aliphatic rings. The Balaban J connectivity index is -0.00000114. The van der Waals surface area contributed by atoms with Crippen molar-refractivity contribution < 1.29 is 30.7 Å². The van der Waals surface area contributed by atoms with Crippen molar-refractivity contribution in [3.8, 4) is 0 Å². The smallest absolute Gasteiger partial charge is 0.319 e. The molecule has 2 fully saturated rings. The zero-order valence-corrected chi connectivity index (χ0v) is 33.6. The number of carbonyl (C=O) groups is 2. The molecular formula is C37H72IN3O6. The second-order valence-corrected chi connectivity index (χ2v) is 13.0. The molecule has 0 aromatic carbocycles. The van der Waals surface area contributed by atoms with Crippen molar-refractivity contribution in [2.75, 3.05) is 26.2 Å². The molecule has 47 heavy (non-hydrogen) atoms. The van der Waals surface area contributed by atoms with Gasteiger partial charge in [0.2, 0.25) is 0 Å². The van der Waals surface area contributed by atoms with Crippen LogP contribution in [0.4, 0.5) is 0 Å². The van der Waals surface area contributed by atoms with Gasteiger partial charge in [-0.3, -0.25) is 19.5 Å². The highest BCUT2D eigenvalue weighted by molar-refractivity contribution is 14.0. The summed E-state index contributed by atoms with van der Waals surface area (Å²) >= 11 is 0. The second kappa shape index (κ2) is 27.6. The van der Waals surface area contributed by atoms with E-state index in [9.17, 15) is 14.7 Å². The van der Waals surface area contributed by atoms with Crippen molar-refractivity contribution in [3.63, 3.8) is 0 Å². The number of hydrogen-bond donors (Lipinski definition) is 3. The number of carbonyl (C=O) groups excluding carboxylic acids is 2. The molecule has 2 saturated heterocycles. The van der Waals surface area contributed by atoms with Gasteiger partial charge in [0.25, 0.3) is 0 Å². The van der Waals surface area contributed by atoms with Crippen LogP contribution in [0, 0.1) is 17.3 Å². The fourth-order valence-electron chi connectivity index (χ4n) is 5.80. The number of nitrogens with zero attached hydrogens (tertiary/aromatic N) is 2. The Morgan fingerprint density at radius 2 is 1.74 bits per heavy atom. The van der Waals surface area contributed by atoms with Crippen molar-refractivity contribution in [1.29, 1.82) is 0 Å². The van der Waals surface area contributed by atoms with Gasteiger partial charge >= 0.3 is 5.97 Å². The van der Waals surface area contributed by atoms with Crippen LogP contribution in [0.1, 0.15) is 128 Å². The largest absolute Gasteiger partial charge is 0.463 e. The standard InChI is InChI=1S/C26H43N3O4.C7H14O2.2C2H6.HI.H2/c1-5-14-29-18-20(2)15-23(30)10-11-24(31)26(3,4)25(32)33-19-22(29)9-7-13-28-17-21-8-6-12-27-16-21;1-5-3-6(2)9-7(8)4-5;2*1-2;;/h6,8,12,16,20,22-23,28,30H,5,7,9-11,13-15,17-19H2,1-4H3;5-8H,3-4H2,1-2H3;2*1-2H3;2*1H/t20-,22-,23+;5-,6+,7+;;;;/m10..../s1. The number of halogens is 1. The fraction of sp³-hybridized carbons (Fsp3) is 0.811. The first-order valence-electron chi connectivity index (χ1n) is 18.0. The zero-order valence-electron chi connectivity index (χ0n) is 31.3. The molecule has 0 aliphatic carbocycles. The van der Waals surface area contributed by atoms with E-state index in [0.29, 0.717) is 18.8 Å². The van der Waals surface area contributed by atoms with E-state index in [0.717, 1.165) is 63.8 Å². The first-order chi connectivity index (χ1) is 21.9. The first-order valence-corrected chi connectivity index (χ1v) is 18.0. The minimum atomic E-state index is -1.19. The highest BCUT2D eigenvalue weighted by atomic mass is 127. The summed E-state index contributed by atoms with van der Waals surface area (Å²) < 4.78 is 10.8. The molecule has 1 aromatic heterocycles. The topological polar surface area (TPSA) is 121 Å².